The number of rotatable bonds is 10. The molecular weight excluding hydrogens is 454 g/mol. The van der Waals surface area contributed by atoms with E-state index in [1.807, 2.05) is 23.1 Å². The molecule has 2 atom stereocenters. The second kappa shape index (κ2) is 10.3. The number of hydrogen-bond acceptors (Lipinski definition) is 8. The number of aromatic nitrogens is 2. The lowest BCUT2D eigenvalue weighted by Crippen LogP contribution is -2.35. The van der Waals surface area contributed by atoms with Crippen molar-refractivity contribution in [1.82, 2.24) is 14.9 Å². The highest BCUT2D eigenvalue weighted by Gasteiger charge is 2.24. The van der Waals surface area contributed by atoms with Gasteiger partial charge in [-0.1, -0.05) is 6.92 Å². The summed E-state index contributed by atoms with van der Waals surface area (Å²) < 4.78 is 16.4. The van der Waals surface area contributed by atoms with Crippen LogP contribution < -0.4 is 5.56 Å². The normalized spacial score (nSPS) is 16.9. The van der Waals surface area contributed by atoms with Gasteiger partial charge in [-0.2, -0.15) is 0 Å². The van der Waals surface area contributed by atoms with E-state index in [-0.39, 0.29) is 12.2 Å². The predicted molar refractivity (Wildman–Crippen MR) is 129 cm³/mol. The van der Waals surface area contributed by atoms with Crippen molar-refractivity contribution in [3.63, 3.8) is 0 Å². The number of aryl methyl sites for hydroxylation is 1. The molecule has 0 saturated heterocycles. The first-order valence-electron chi connectivity index (χ1n) is 11.6. The maximum absolute atomic E-state index is 13.0. The molecule has 4 heterocycles. The topological polar surface area (TPSA) is 105 Å². The minimum Gasteiger partial charge on any atom is -0.468 e. The number of H-pyrrole nitrogens is 1. The molecule has 1 aliphatic carbocycles. The highest BCUT2D eigenvalue weighted by molar-refractivity contribution is 7.18. The number of furan rings is 2. The van der Waals surface area contributed by atoms with Gasteiger partial charge in [0.2, 0.25) is 0 Å². The van der Waals surface area contributed by atoms with Crippen molar-refractivity contribution in [3.8, 4) is 0 Å². The molecule has 8 nitrogen and oxygen atoms in total. The lowest BCUT2D eigenvalue weighted by molar-refractivity contribution is 0.00125. The molecule has 1 aliphatic rings. The van der Waals surface area contributed by atoms with E-state index in [4.69, 9.17) is 18.6 Å². The third-order valence-corrected chi connectivity index (χ3v) is 7.30. The van der Waals surface area contributed by atoms with Gasteiger partial charge >= 0.3 is 0 Å². The average molecular weight is 484 g/mol. The third-order valence-electron chi connectivity index (χ3n) is 6.15. The predicted octanol–water partition coefficient (Wildman–Crippen LogP) is 3.88. The van der Waals surface area contributed by atoms with Crippen molar-refractivity contribution in [2.45, 2.75) is 52.0 Å². The highest BCUT2D eigenvalue weighted by atomic mass is 32.1. The maximum atomic E-state index is 13.0. The number of aliphatic hydroxyl groups excluding tert-OH is 1. The summed E-state index contributed by atoms with van der Waals surface area (Å²) in [6, 6.07) is 7.35. The van der Waals surface area contributed by atoms with Crippen LogP contribution in [0, 0.1) is 5.92 Å². The molecule has 34 heavy (non-hydrogen) atoms. The van der Waals surface area contributed by atoms with Crippen LogP contribution in [0.25, 0.3) is 10.2 Å². The molecule has 0 saturated carbocycles. The van der Waals surface area contributed by atoms with E-state index < -0.39 is 6.10 Å². The Hall–Kier alpha value is -2.72. The Morgan fingerprint density at radius 2 is 2.06 bits per heavy atom. The van der Waals surface area contributed by atoms with E-state index in [1.165, 1.54) is 10.4 Å². The smallest absolute Gasteiger partial charge is 0.259 e. The standard InChI is InChI=1S/C25H29N3O5S/c1-16-6-7-20-21(10-16)34-25-23(20)24(30)26-22(27-25)13-28(12-18-4-2-8-32-18)11-17(29)14-31-15-19-5-3-9-33-19/h2-5,8-9,16-17,29H,6-7,10-15H2,1H3,(H,26,27,30)/t16-,17+/m0/s1. The summed E-state index contributed by atoms with van der Waals surface area (Å²) >= 11 is 1.64. The Morgan fingerprint density at radius 1 is 1.26 bits per heavy atom. The van der Waals surface area contributed by atoms with Gasteiger partial charge in [-0.15, -0.1) is 11.3 Å². The van der Waals surface area contributed by atoms with Gasteiger partial charge < -0.3 is 23.7 Å². The molecular formula is C25H29N3O5S. The van der Waals surface area contributed by atoms with Crippen LogP contribution in [-0.4, -0.2) is 39.2 Å². The van der Waals surface area contributed by atoms with Gasteiger partial charge in [-0.25, -0.2) is 4.98 Å². The molecule has 0 unspecified atom stereocenters. The zero-order valence-corrected chi connectivity index (χ0v) is 20.0. The van der Waals surface area contributed by atoms with Gasteiger partial charge in [-0.05, 0) is 55.0 Å². The number of thiophene rings is 1. The molecule has 4 aromatic rings. The van der Waals surface area contributed by atoms with Crippen molar-refractivity contribution < 1.29 is 18.7 Å². The van der Waals surface area contributed by atoms with Gasteiger partial charge in [0, 0.05) is 11.4 Å². The van der Waals surface area contributed by atoms with Crippen molar-refractivity contribution in [3.05, 3.63) is 74.9 Å². The molecule has 2 N–H and O–H groups in total. The summed E-state index contributed by atoms with van der Waals surface area (Å²) in [4.78, 5) is 24.9. The van der Waals surface area contributed by atoms with E-state index in [9.17, 15) is 9.90 Å². The van der Waals surface area contributed by atoms with Crippen molar-refractivity contribution in [2.75, 3.05) is 13.2 Å². The summed E-state index contributed by atoms with van der Waals surface area (Å²) in [6.07, 6.45) is 5.55. The number of fused-ring (bicyclic) bond motifs is 3. The van der Waals surface area contributed by atoms with Crippen LogP contribution in [0.4, 0.5) is 0 Å². The molecule has 0 fully saturated rings. The minimum absolute atomic E-state index is 0.0765. The summed E-state index contributed by atoms with van der Waals surface area (Å²) in [5.41, 5.74) is 1.10. The van der Waals surface area contributed by atoms with Crippen LogP contribution in [0.15, 0.2) is 50.4 Å². The maximum Gasteiger partial charge on any atom is 0.259 e. The molecule has 0 aromatic carbocycles. The first kappa shape index (κ1) is 23.0. The fourth-order valence-corrected chi connectivity index (χ4v) is 5.93. The van der Waals surface area contributed by atoms with E-state index in [2.05, 4.69) is 11.9 Å². The van der Waals surface area contributed by atoms with Gasteiger partial charge in [0.15, 0.2) is 0 Å². The Balaban J connectivity index is 1.30. The van der Waals surface area contributed by atoms with E-state index in [0.29, 0.717) is 43.7 Å². The SMILES string of the molecule is C[C@H]1CCc2c(sc3nc(CN(Cc4ccco4)C[C@@H](O)COCc4ccco4)[nH]c(=O)c23)C1. The molecule has 180 valence electrons. The zero-order chi connectivity index (χ0) is 23.5. The number of ether oxygens (including phenoxy) is 1. The molecule has 9 heteroatoms. The number of aliphatic hydroxyl groups is 1. The highest BCUT2D eigenvalue weighted by Crippen LogP contribution is 2.35. The summed E-state index contributed by atoms with van der Waals surface area (Å²) in [5, 5.41) is 11.3. The quantitative estimate of drug-likeness (QED) is 0.353. The molecule has 0 spiro atoms. The lowest BCUT2D eigenvalue weighted by Gasteiger charge is -2.23. The van der Waals surface area contributed by atoms with Crippen LogP contribution in [0.5, 0.6) is 0 Å². The Morgan fingerprint density at radius 3 is 2.82 bits per heavy atom. The first-order valence-corrected chi connectivity index (χ1v) is 12.4. The first-order chi connectivity index (χ1) is 16.5. The van der Waals surface area contributed by atoms with E-state index >= 15 is 0 Å². The number of aromatic amines is 1. The average Bonchev–Trinajstić information content (AvgIpc) is 3.54. The minimum atomic E-state index is -0.726. The molecule has 4 aromatic heterocycles. The molecule has 5 rings (SSSR count). The number of nitrogens with zero attached hydrogens (tertiary/aromatic N) is 2. The third kappa shape index (κ3) is 5.33. The molecule has 0 bridgehead atoms. The van der Waals surface area contributed by atoms with Crippen molar-refractivity contribution >= 4 is 21.6 Å². The molecule has 0 radical (unpaired) electrons. The largest absolute Gasteiger partial charge is 0.468 e. The van der Waals surface area contributed by atoms with Crippen LogP contribution >= 0.6 is 11.3 Å². The Labute approximate surface area is 201 Å². The Bertz CT molecular complexity index is 1260. The number of nitrogens with one attached hydrogen (secondary N) is 1. The van der Waals surface area contributed by atoms with E-state index in [1.54, 1.807) is 29.9 Å². The van der Waals surface area contributed by atoms with Crippen molar-refractivity contribution in [1.29, 1.82) is 0 Å². The van der Waals surface area contributed by atoms with Gasteiger partial charge in [0.25, 0.3) is 5.56 Å². The summed E-state index contributed by atoms with van der Waals surface area (Å²) in [6.45, 7) is 3.90. The fraction of sp³-hybridized carbons (Fsp3) is 0.440. The summed E-state index contributed by atoms with van der Waals surface area (Å²) in [7, 11) is 0. The van der Waals surface area contributed by atoms with E-state index in [0.717, 1.165) is 35.2 Å². The second-order valence-corrected chi connectivity index (χ2v) is 10.1. The van der Waals surface area contributed by atoms with Crippen LogP contribution in [0.3, 0.4) is 0 Å². The van der Waals surface area contributed by atoms with Crippen LogP contribution in [-0.2, 0) is 37.3 Å². The monoisotopic (exact) mass is 483 g/mol. The lowest BCUT2D eigenvalue weighted by atomic mass is 9.89. The van der Waals surface area contributed by atoms with Crippen molar-refractivity contribution in [2.24, 2.45) is 5.92 Å². The molecule has 0 aliphatic heterocycles. The van der Waals surface area contributed by atoms with Gasteiger partial charge in [-0.3, -0.25) is 9.69 Å². The fourth-order valence-electron chi connectivity index (χ4n) is 4.53. The van der Waals surface area contributed by atoms with Gasteiger partial charge in [0.1, 0.15) is 28.8 Å². The van der Waals surface area contributed by atoms with Crippen LogP contribution in [0.1, 0.15) is 41.1 Å². The van der Waals surface area contributed by atoms with Crippen LogP contribution in [0.2, 0.25) is 0 Å². The number of hydrogen-bond donors (Lipinski definition) is 2. The molecule has 0 amide bonds. The second-order valence-electron chi connectivity index (χ2n) is 9.04. The van der Waals surface area contributed by atoms with Gasteiger partial charge in [0.05, 0.1) is 43.7 Å². The zero-order valence-electron chi connectivity index (χ0n) is 19.2. The Kier molecular flexibility index (Phi) is 6.96. The summed E-state index contributed by atoms with van der Waals surface area (Å²) in [5.74, 6) is 2.70.